The van der Waals surface area contributed by atoms with Crippen molar-refractivity contribution >= 4 is 5.91 Å². The molecule has 21 heavy (non-hydrogen) atoms. The van der Waals surface area contributed by atoms with E-state index in [1.54, 1.807) is 0 Å². The fraction of sp³-hybridized carbons (Fsp3) is 0.944. The van der Waals surface area contributed by atoms with Gasteiger partial charge in [0.15, 0.2) is 0 Å². The lowest BCUT2D eigenvalue weighted by molar-refractivity contribution is -0.131. The third kappa shape index (κ3) is 12.9. The summed E-state index contributed by atoms with van der Waals surface area (Å²) in [6.07, 6.45) is 11.3. The van der Waals surface area contributed by atoms with Crippen LogP contribution in [0.5, 0.6) is 0 Å². The number of ether oxygens (including phenoxy) is 1. The maximum absolute atomic E-state index is 12.3. The van der Waals surface area contributed by atoms with Crippen molar-refractivity contribution in [2.75, 3.05) is 26.3 Å². The van der Waals surface area contributed by atoms with Crippen LogP contribution in [-0.2, 0) is 9.53 Å². The van der Waals surface area contributed by atoms with Crippen LogP contribution in [0.25, 0.3) is 0 Å². The fourth-order valence-electron chi connectivity index (χ4n) is 2.45. The van der Waals surface area contributed by atoms with Gasteiger partial charge in [0.05, 0.1) is 0 Å². The summed E-state index contributed by atoms with van der Waals surface area (Å²) in [5.41, 5.74) is 0. The minimum absolute atomic E-state index is 0.322. The standard InChI is InChI=1S/C18H37NO2/c1-4-7-9-11-15-19(16-12-10-8-5-2)18(20)14-13-17-21-6-3/h4-17H2,1-3H3. The van der Waals surface area contributed by atoms with Gasteiger partial charge in [0.1, 0.15) is 0 Å². The van der Waals surface area contributed by atoms with Gasteiger partial charge in [-0.3, -0.25) is 4.79 Å². The minimum Gasteiger partial charge on any atom is -0.382 e. The highest BCUT2D eigenvalue weighted by molar-refractivity contribution is 5.76. The van der Waals surface area contributed by atoms with Gasteiger partial charge in [-0.25, -0.2) is 0 Å². The maximum atomic E-state index is 12.3. The van der Waals surface area contributed by atoms with Gasteiger partial charge in [-0.05, 0) is 26.2 Å². The maximum Gasteiger partial charge on any atom is 0.222 e. The molecule has 0 N–H and O–H groups in total. The van der Waals surface area contributed by atoms with E-state index in [1.807, 2.05) is 6.92 Å². The van der Waals surface area contributed by atoms with Crippen LogP contribution in [0.15, 0.2) is 0 Å². The fourth-order valence-corrected chi connectivity index (χ4v) is 2.45. The van der Waals surface area contributed by atoms with Gasteiger partial charge in [0, 0.05) is 32.7 Å². The number of unbranched alkanes of at least 4 members (excludes halogenated alkanes) is 6. The Morgan fingerprint density at radius 1 is 0.810 bits per heavy atom. The molecule has 0 heterocycles. The monoisotopic (exact) mass is 299 g/mol. The van der Waals surface area contributed by atoms with Gasteiger partial charge in [-0.15, -0.1) is 0 Å². The minimum atomic E-state index is 0.322. The van der Waals surface area contributed by atoms with E-state index in [2.05, 4.69) is 18.7 Å². The number of carbonyl (C=O) groups excluding carboxylic acids is 1. The molecule has 0 spiro atoms. The molecule has 0 bridgehead atoms. The van der Waals surface area contributed by atoms with E-state index in [0.29, 0.717) is 18.9 Å². The summed E-state index contributed by atoms with van der Waals surface area (Å²) >= 11 is 0. The number of nitrogens with zero attached hydrogens (tertiary/aromatic N) is 1. The van der Waals surface area contributed by atoms with Crippen LogP contribution in [0.1, 0.15) is 85.0 Å². The van der Waals surface area contributed by atoms with Gasteiger partial charge in [0.25, 0.3) is 0 Å². The lowest BCUT2D eigenvalue weighted by atomic mass is 10.1. The lowest BCUT2D eigenvalue weighted by Gasteiger charge is -2.23. The molecule has 0 aliphatic heterocycles. The van der Waals surface area contributed by atoms with Crippen molar-refractivity contribution in [2.24, 2.45) is 0 Å². The Kier molecular flexibility index (Phi) is 15.4. The average Bonchev–Trinajstić information content (AvgIpc) is 2.49. The van der Waals surface area contributed by atoms with Crippen molar-refractivity contribution in [3.8, 4) is 0 Å². The molecule has 1 amide bonds. The van der Waals surface area contributed by atoms with E-state index in [-0.39, 0.29) is 0 Å². The highest BCUT2D eigenvalue weighted by atomic mass is 16.5. The van der Waals surface area contributed by atoms with E-state index in [1.165, 1.54) is 38.5 Å². The lowest BCUT2D eigenvalue weighted by Crippen LogP contribution is -2.33. The molecular formula is C18H37NO2. The van der Waals surface area contributed by atoms with E-state index in [4.69, 9.17) is 4.74 Å². The van der Waals surface area contributed by atoms with Crippen molar-refractivity contribution in [3.05, 3.63) is 0 Å². The van der Waals surface area contributed by atoms with Gasteiger partial charge in [-0.1, -0.05) is 52.4 Å². The second-order valence-electron chi connectivity index (χ2n) is 5.80. The number of amides is 1. The predicted molar refractivity (Wildman–Crippen MR) is 90.6 cm³/mol. The largest absolute Gasteiger partial charge is 0.382 e. The molecule has 126 valence electrons. The van der Waals surface area contributed by atoms with Crippen molar-refractivity contribution in [3.63, 3.8) is 0 Å². The van der Waals surface area contributed by atoms with Gasteiger partial charge in [0.2, 0.25) is 5.91 Å². The predicted octanol–water partition coefficient (Wildman–Crippen LogP) is 4.79. The molecule has 0 radical (unpaired) electrons. The molecule has 0 aromatic heterocycles. The SMILES string of the molecule is CCCCCCN(CCCCCC)C(=O)CCCOCC. The van der Waals surface area contributed by atoms with Crippen LogP contribution in [0, 0.1) is 0 Å². The zero-order valence-electron chi connectivity index (χ0n) is 14.7. The van der Waals surface area contributed by atoms with Crippen LogP contribution in [-0.4, -0.2) is 37.1 Å². The highest BCUT2D eigenvalue weighted by Gasteiger charge is 2.12. The molecule has 0 aliphatic carbocycles. The van der Waals surface area contributed by atoms with Crippen molar-refractivity contribution in [2.45, 2.75) is 85.0 Å². The Bertz CT molecular complexity index is 219. The first kappa shape index (κ1) is 20.4. The number of hydrogen-bond donors (Lipinski definition) is 0. The van der Waals surface area contributed by atoms with Gasteiger partial charge in [-0.2, -0.15) is 0 Å². The third-order valence-electron chi connectivity index (χ3n) is 3.80. The van der Waals surface area contributed by atoms with Crippen LogP contribution < -0.4 is 0 Å². The van der Waals surface area contributed by atoms with Crippen LogP contribution in [0.3, 0.4) is 0 Å². The zero-order valence-corrected chi connectivity index (χ0v) is 14.7. The second-order valence-corrected chi connectivity index (χ2v) is 5.80. The number of carbonyl (C=O) groups is 1. The Hall–Kier alpha value is -0.570. The molecule has 0 unspecified atom stereocenters. The van der Waals surface area contributed by atoms with E-state index in [9.17, 15) is 4.79 Å². The summed E-state index contributed by atoms with van der Waals surface area (Å²) in [5.74, 6) is 0.322. The van der Waals surface area contributed by atoms with Gasteiger partial charge >= 0.3 is 0 Å². The summed E-state index contributed by atoms with van der Waals surface area (Å²) in [4.78, 5) is 14.4. The molecular weight excluding hydrogens is 262 g/mol. The van der Waals surface area contributed by atoms with Crippen molar-refractivity contribution in [1.29, 1.82) is 0 Å². The second kappa shape index (κ2) is 15.8. The van der Waals surface area contributed by atoms with Crippen molar-refractivity contribution in [1.82, 2.24) is 4.90 Å². The average molecular weight is 299 g/mol. The zero-order chi connectivity index (χ0) is 15.8. The molecule has 0 aromatic carbocycles. The summed E-state index contributed by atoms with van der Waals surface area (Å²) in [6, 6.07) is 0. The van der Waals surface area contributed by atoms with E-state index >= 15 is 0 Å². The van der Waals surface area contributed by atoms with Crippen LogP contribution >= 0.6 is 0 Å². The first-order valence-corrected chi connectivity index (χ1v) is 9.11. The summed E-state index contributed by atoms with van der Waals surface area (Å²) < 4.78 is 5.32. The Labute approximate surface area is 132 Å². The summed E-state index contributed by atoms with van der Waals surface area (Å²) in [6.45, 7) is 9.78. The quantitative estimate of drug-likeness (QED) is 0.407. The third-order valence-corrected chi connectivity index (χ3v) is 3.80. The Morgan fingerprint density at radius 2 is 1.38 bits per heavy atom. The normalized spacial score (nSPS) is 10.8. The molecule has 0 aromatic rings. The number of rotatable bonds is 15. The van der Waals surface area contributed by atoms with E-state index < -0.39 is 0 Å². The first-order valence-electron chi connectivity index (χ1n) is 9.11. The molecule has 0 rings (SSSR count). The summed E-state index contributed by atoms with van der Waals surface area (Å²) in [7, 11) is 0. The molecule has 0 atom stereocenters. The van der Waals surface area contributed by atoms with E-state index in [0.717, 1.165) is 39.0 Å². The smallest absolute Gasteiger partial charge is 0.222 e. The van der Waals surface area contributed by atoms with Crippen LogP contribution in [0.2, 0.25) is 0 Å². The van der Waals surface area contributed by atoms with Gasteiger partial charge < -0.3 is 9.64 Å². The summed E-state index contributed by atoms with van der Waals surface area (Å²) in [5, 5.41) is 0. The molecule has 0 aliphatic rings. The molecule has 0 fully saturated rings. The highest BCUT2D eigenvalue weighted by Crippen LogP contribution is 2.08. The Morgan fingerprint density at radius 3 is 1.86 bits per heavy atom. The van der Waals surface area contributed by atoms with Crippen molar-refractivity contribution < 1.29 is 9.53 Å². The molecule has 0 saturated heterocycles. The molecule has 3 nitrogen and oxygen atoms in total. The first-order chi connectivity index (χ1) is 10.3. The topological polar surface area (TPSA) is 29.5 Å². The Balaban J connectivity index is 3.98. The van der Waals surface area contributed by atoms with Crippen LogP contribution in [0.4, 0.5) is 0 Å². The number of hydrogen-bond acceptors (Lipinski definition) is 2. The molecule has 3 heteroatoms. The molecule has 0 saturated carbocycles.